The minimum atomic E-state index is -0.550. The van der Waals surface area contributed by atoms with E-state index in [1.807, 2.05) is 13.0 Å². The SMILES string of the molecule is Cc1cc2sc(NC(=O)c3cc([N+](=O)[O-])ccc3Br)nc2cc1Cl. The third-order valence-electron chi connectivity index (χ3n) is 3.29. The van der Waals surface area contributed by atoms with Gasteiger partial charge < -0.3 is 0 Å². The number of rotatable bonds is 3. The van der Waals surface area contributed by atoms with Crippen LogP contribution in [0.25, 0.3) is 10.2 Å². The van der Waals surface area contributed by atoms with Crippen LogP contribution in [0.1, 0.15) is 15.9 Å². The van der Waals surface area contributed by atoms with E-state index >= 15 is 0 Å². The molecule has 1 amide bonds. The molecule has 0 atom stereocenters. The van der Waals surface area contributed by atoms with E-state index in [2.05, 4.69) is 26.2 Å². The molecule has 0 fully saturated rings. The highest BCUT2D eigenvalue weighted by Gasteiger charge is 2.17. The smallest absolute Gasteiger partial charge is 0.270 e. The Hall–Kier alpha value is -2.03. The average Bonchev–Trinajstić information content (AvgIpc) is 2.88. The lowest BCUT2D eigenvalue weighted by Gasteiger charge is -2.04. The molecular formula is C15H9BrClN3O3S. The molecule has 24 heavy (non-hydrogen) atoms. The van der Waals surface area contributed by atoms with Crippen molar-refractivity contribution in [1.29, 1.82) is 0 Å². The standard InChI is InChI=1S/C15H9BrClN3O3S/c1-7-4-13-12(6-11(7)17)18-15(24-13)19-14(21)9-5-8(20(22)23)2-3-10(9)16/h2-6H,1H3,(H,18,19,21). The summed E-state index contributed by atoms with van der Waals surface area (Å²) < 4.78 is 1.36. The van der Waals surface area contributed by atoms with Gasteiger partial charge in [0.1, 0.15) is 0 Å². The van der Waals surface area contributed by atoms with Crippen molar-refractivity contribution in [2.45, 2.75) is 6.92 Å². The minimum Gasteiger partial charge on any atom is -0.298 e. The van der Waals surface area contributed by atoms with Crippen molar-refractivity contribution in [2.24, 2.45) is 0 Å². The molecular weight excluding hydrogens is 418 g/mol. The Morgan fingerprint density at radius 3 is 2.83 bits per heavy atom. The number of fused-ring (bicyclic) bond motifs is 1. The van der Waals surface area contributed by atoms with Gasteiger partial charge in [0.15, 0.2) is 5.13 Å². The summed E-state index contributed by atoms with van der Waals surface area (Å²) in [6.07, 6.45) is 0. The molecule has 0 unspecified atom stereocenters. The molecule has 1 N–H and O–H groups in total. The van der Waals surface area contributed by atoms with Crippen molar-refractivity contribution in [2.75, 3.05) is 5.32 Å². The number of non-ortho nitro benzene ring substituents is 1. The van der Waals surface area contributed by atoms with Crippen LogP contribution in [0.5, 0.6) is 0 Å². The number of carbonyl (C=O) groups excluding carboxylic acids is 1. The number of nitro benzene ring substituents is 1. The summed E-state index contributed by atoms with van der Waals surface area (Å²) in [5, 5.41) is 14.5. The Balaban J connectivity index is 1.92. The Labute approximate surface area is 153 Å². The fourth-order valence-corrected chi connectivity index (χ4v) is 3.59. The van der Waals surface area contributed by atoms with E-state index in [-0.39, 0.29) is 11.3 Å². The van der Waals surface area contributed by atoms with Crippen LogP contribution in [-0.4, -0.2) is 15.8 Å². The molecule has 0 spiro atoms. The summed E-state index contributed by atoms with van der Waals surface area (Å²) in [7, 11) is 0. The van der Waals surface area contributed by atoms with Gasteiger partial charge in [-0.2, -0.15) is 0 Å². The van der Waals surface area contributed by atoms with Crippen LogP contribution in [-0.2, 0) is 0 Å². The fraction of sp³-hybridized carbons (Fsp3) is 0.0667. The lowest BCUT2D eigenvalue weighted by Crippen LogP contribution is -2.12. The van der Waals surface area contributed by atoms with Crippen molar-refractivity contribution < 1.29 is 9.72 Å². The Morgan fingerprint density at radius 1 is 1.38 bits per heavy atom. The monoisotopic (exact) mass is 425 g/mol. The van der Waals surface area contributed by atoms with Gasteiger partial charge in [-0.1, -0.05) is 22.9 Å². The van der Waals surface area contributed by atoms with Gasteiger partial charge in [0.25, 0.3) is 11.6 Å². The first kappa shape index (κ1) is 16.8. The highest BCUT2D eigenvalue weighted by molar-refractivity contribution is 9.10. The molecule has 1 heterocycles. The van der Waals surface area contributed by atoms with Gasteiger partial charge in [-0.05, 0) is 46.6 Å². The van der Waals surface area contributed by atoms with Gasteiger partial charge >= 0.3 is 0 Å². The van der Waals surface area contributed by atoms with Gasteiger partial charge in [-0.3, -0.25) is 20.2 Å². The van der Waals surface area contributed by atoms with Crippen LogP contribution in [0.4, 0.5) is 10.8 Å². The molecule has 0 bridgehead atoms. The Bertz CT molecular complexity index is 950. The molecule has 0 radical (unpaired) electrons. The zero-order chi connectivity index (χ0) is 17.4. The van der Waals surface area contributed by atoms with Crippen LogP contribution in [0.15, 0.2) is 34.8 Å². The minimum absolute atomic E-state index is 0.157. The molecule has 6 nitrogen and oxygen atoms in total. The molecule has 0 aliphatic carbocycles. The molecule has 2 aromatic carbocycles. The number of hydrogen-bond donors (Lipinski definition) is 1. The zero-order valence-electron chi connectivity index (χ0n) is 12.2. The third-order valence-corrected chi connectivity index (χ3v) is 5.33. The summed E-state index contributed by atoms with van der Waals surface area (Å²) in [5.41, 5.74) is 1.61. The number of thiazole rings is 1. The first-order valence-electron chi connectivity index (χ1n) is 6.67. The maximum absolute atomic E-state index is 12.4. The summed E-state index contributed by atoms with van der Waals surface area (Å²) in [6, 6.07) is 7.64. The maximum Gasteiger partial charge on any atom is 0.270 e. The molecule has 3 rings (SSSR count). The second kappa shape index (κ2) is 6.46. The molecule has 3 aromatic rings. The Morgan fingerprint density at radius 2 is 2.12 bits per heavy atom. The lowest BCUT2D eigenvalue weighted by atomic mass is 10.2. The van der Waals surface area contributed by atoms with Crippen molar-refractivity contribution in [3.8, 4) is 0 Å². The number of amides is 1. The number of nitrogens with zero attached hydrogens (tertiary/aromatic N) is 2. The predicted octanol–water partition coefficient (Wildman–Crippen LogP) is 5.18. The van der Waals surface area contributed by atoms with E-state index in [1.165, 1.54) is 29.5 Å². The van der Waals surface area contributed by atoms with Crippen LogP contribution < -0.4 is 5.32 Å². The summed E-state index contributed by atoms with van der Waals surface area (Å²) in [5.74, 6) is -0.479. The van der Waals surface area contributed by atoms with Crippen LogP contribution in [0, 0.1) is 17.0 Å². The van der Waals surface area contributed by atoms with E-state index in [0.717, 1.165) is 10.3 Å². The maximum atomic E-state index is 12.4. The van der Waals surface area contributed by atoms with Crippen molar-refractivity contribution >= 4 is 65.8 Å². The lowest BCUT2D eigenvalue weighted by molar-refractivity contribution is -0.384. The normalized spacial score (nSPS) is 10.8. The molecule has 0 saturated carbocycles. The number of aromatic nitrogens is 1. The predicted molar refractivity (Wildman–Crippen MR) is 98.1 cm³/mol. The number of halogens is 2. The number of aryl methyl sites for hydroxylation is 1. The molecule has 0 aliphatic heterocycles. The first-order chi connectivity index (χ1) is 11.3. The largest absolute Gasteiger partial charge is 0.298 e. The van der Waals surface area contributed by atoms with E-state index in [9.17, 15) is 14.9 Å². The third kappa shape index (κ3) is 3.26. The van der Waals surface area contributed by atoms with Crippen molar-refractivity contribution in [1.82, 2.24) is 4.98 Å². The molecule has 1 aromatic heterocycles. The fourth-order valence-electron chi connectivity index (χ4n) is 2.07. The number of anilines is 1. The average molecular weight is 427 g/mol. The number of nitrogens with one attached hydrogen (secondary N) is 1. The van der Waals surface area contributed by atoms with Crippen molar-refractivity contribution in [3.05, 3.63) is 61.1 Å². The molecule has 9 heteroatoms. The van der Waals surface area contributed by atoms with Gasteiger partial charge in [0.2, 0.25) is 0 Å². The van der Waals surface area contributed by atoms with Gasteiger partial charge in [-0.15, -0.1) is 0 Å². The van der Waals surface area contributed by atoms with Crippen LogP contribution in [0.2, 0.25) is 5.02 Å². The molecule has 0 saturated heterocycles. The highest BCUT2D eigenvalue weighted by Crippen LogP contribution is 2.31. The topological polar surface area (TPSA) is 85.1 Å². The number of carbonyl (C=O) groups is 1. The summed E-state index contributed by atoms with van der Waals surface area (Å²) >= 11 is 10.6. The second-order valence-electron chi connectivity index (χ2n) is 4.96. The number of hydrogen-bond acceptors (Lipinski definition) is 5. The van der Waals surface area contributed by atoms with Crippen molar-refractivity contribution in [3.63, 3.8) is 0 Å². The van der Waals surface area contributed by atoms with Gasteiger partial charge in [0, 0.05) is 21.6 Å². The van der Waals surface area contributed by atoms with Crippen LogP contribution >= 0.6 is 38.9 Å². The highest BCUT2D eigenvalue weighted by atomic mass is 79.9. The van der Waals surface area contributed by atoms with E-state index in [1.54, 1.807) is 6.07 Å². The second-order valence-corrected chi connectivity index (χ2v) is 7.26. The number of benzene rings is 2. The van der Waals surface area contributed by atoms with E-state index < -0.39 is 10.8 Å². The van der Waals surface area contributed by atoms with E-state index in [0.29, 0.717) is 20.1 Å². The number of nitro groups is 1. The first-order valence-corrected chi connectivity index (χ1v) is 8.66. The van der Waals surface area contributed by atoms with Crippen LogP contribution in [0.3, 0.4) is 0 Å². The van der Waals surface area contributed by atoms with Gasteiger partial charge in [-0.25, -0.2) is 4.98 Å². The van der Waals surface area contributed by atoms with E-state index in [4.69, 9.17) is 11.6 Å². The van der Waals surface area contributed by atoms with Gasteiger partial charge in [0.05, 0.1) is 20.7 Å². The quantitative estimate of drug-likeness (QED) is 0.462. The molecule has 0 aliphatic rings. The Kier molecular flexibility index (Phi) is 4.53. The zero-order valence-corrected chi connectivity index (χ0v) is 15.3. The summed E-state index contributed by atoms with van der Waals surface area (Å²) in [6.45, 7) is 1.89. The summed E-state index contributed by atoms with van der Waals surface area (Å²) in [4.78, 5) is 27.0. The molecule has 122 valence electrons.